The lowest BCUT2D eigenvalue weighted by Crippen LogP contribution is -2.08. The Bertz CT molecular complexity index is 560. The molecule has 0 radical (unpaired) electrons. The molecule has 0 fully saturated rings. The lowest BCUT2D eigenvalue weighted by atomic mass is 9.98. The number of rotatable bonds is 6. The highest BCUT2D eigenvalue weighted by Gasteiger charge is 2.13. The van der Waals surface area contributed by atoms with Gasteiger partial charge in [-0.3, -0.25) is 0 Å². The van der Waals surface area contributed by atoms with Crippen molar-refractivity contribution in [2.45, 2.75) is 12.3 Å². The van der Waals surface area contributed by atoms with Gasteiger partial charge in [-0.15, -0.1) is 11.6 Å². The van der Waals surface area contributed by atoms with Crippen LogP contribution >= 0.6 is 43.5 Å². The van der Waals surface area contributed by atoms with Gasteiger partial charge < -0.3 is 4.74 Å². The third-order valence-electron chi connectivity index (χ3n) is 3.06. The number of ether oxygens (including phenoxy) is 1. The number of hydrogen-bond donors (Lipinski definition) is 0. The SMILES string of the molecule is ClCC(CCOc1cccc(Br)c1)c1ccccc1Br. The van der Waals surface area contributed by atoms with Gasteiger partial charge in [0.15, 0.2) is 0 Å². The molecule has 0 saturated heterocycles. The van der Waals surface area contributed by atoms with Crippen LogP contribution in [0.25, 0.3) is 0 Å². The van der Waals surface area contributed by atoms with Gasteiger partial charge in [-0.2, -0.15) is 0 Å². The van der Waals surface area contributed by atoms with E-state index in [1.165, 1.54) is 5.56 Å². The van der Waals surface area contributed by atoms with Crippen molar-refractivity contribution in [1.82, 2.24) is 0 Å². The Morgan fingerprint density at radius 2 is 1.85 bits per heavy atom. The molecule has 2 aromatic rings. The molecule has 0 heterocycles. The van der Waals surface area contributed by atoms with Crippen molar-refractivity contribution in [3.8, 4) is 5.75 Å². The van der Waals surface area contributed by atoms with E-state index < -0.39 is 0 Å². The van der Waals surface area contributed by atoms with Crippen molar-refractivity contribution in [3.63, 3.8) is 0 Å². The van der Waals surface area contributed by atoms with Crippen LogP contribution in [0.15, 0.2) is 57.5 Å². The number of halogens is 3. The standard InChI is InChI=1S/C16H15Br2ClO/c17-13-4-3-5-14(10-13)20-9-8-12(11-19)15-6-1-2-7-16(15)18/h1-7,10,12H,8-9,11H2. The smallest absolute Gasteiger partial charge is 0.120 e. The molecule has 4 heteroatoms. The summed E-state index contributed by atoms with van der Waals surface area (Å²) in [7, 11) is 0. The maximum absolute atomic E-state index is 6.10. The normalized spacial score (nSPS) is 12.2. The highest BCUT2D eigenvalue weighted by Crippen LogP contribution is 2.28. The molecule has 1 nitrogen and oxygen atoms in total. The first kappa shape index (κ1) is 15.9. The third-order valence-corrected chi connectivity index (χ3v) is 4.65. The molecular formula is C16H15Br2ClO. The molecule has 2 rings (SSSR count). The number of alkyl halides is 1. The molecule has 0 amide bonds. The first-order valence-electron chi connectivity index (χ1n) is 6.39. The molecule has 0 aromatic heterocycles. The monoisotopic (exact) mass is 416 g/mol. The average molecular weight is 419 g/mol. The highest BCUT2D eigenvalue weighted by atomic mass is 79.9. The molecule has 106 valence electrons. The minimum atomic E-state index is 0.291. The second kappa shape index (κ2) is 8.06. The summed E-state index contributed by atoms with van der Waals surface area (Å²) >= 11 is 13.1. The molecule has 0 aliphatic rings. The number of hydrogen-bond acceptors (Lipinski definition) is 1. The Kier molecular flexibility index (Phi) is 6.40. The summed E-state index contributed by atoms with van der Waals surface area (Å²) in [5.74, 6) is 1.75. The average Bonchev–Trinajstić information content (AvgIpc) is 2.45. The summed E-state index contributed by atoms with van der Waals surface area (Å²) in [5.41, 5.74) is 1.24. The molecule has 0 saturated carbocycles. The van der Waals surface area contributed by atoms with Gasteiger partial charge in [0.25, 0.3) is 0 Å². The zero-order valence-corrected chi connectivity index (χ0v) is 14.8. The molecule has 1 unspecified atom stereocenters. The Morgan fingerprint density at radius 3 is 2.55 bits per heavy atom. The predicted molar refractivity (Wildman–Crippen MR) is 91.9 cm³/mol. The van der Waals surface area contributed by atoms with E-state index in [1.54, 1.807) is 0 Å². The maximum Gasteiger partial charge on any atom is 0.120 e. The molecule has 0 aliphatic carbocycles. The lowest BCUT2D eigenvalue weighted by Gasteiger charge is -2.16. The van der Waals surface area contributed by atoms with Crippen LogP contribution in [0.1, 0.15) is 17.9 Å². The van der Waals surface area contributed by atoms with Gasteiger partial charge in [0.1, 0.15) is 5.75 Å². The fourth-order valence-corrected chi connectivity index (χ4v) is 3.31. The Hall–Kier alpha value is -0.510. The Labute approximate surface area is 141 Å². The van der Waals surface area contributed by atoms with Gasteiger partial charge in [-0.25, -0.2) is 0 Å². The minimum absolute atomic E-state index is 0.291. The van der Waals surface area contributed by atoms with Crippen LogP contribution in [0.5, 0.6) is 5.75 Å². The van der Waals surface area contributed by atoms with Crippen LogP contribution in [0.4, 0.5) is 0 Å². The van der Waals surface area contributed by atoms with E-state index in [2.05, 4.69) is 37.9 Å². The van der Waals surface area contributed by atoms with Crippen LogP contribution in [-0.2, 0) is 0 Å². The summed E-state index contributed by atoms with van der Waals surface area (Å²) in [6.07, 6.45) is 0.888. The van der Waals surface area contributed by atoms with E-state index in [0.717, 1.165) is 21.1 Å². The van der Waals surface area contributed by atoms with E-state index in [-0.39, 0.29) is 0 Å². The van der Waals surface area contributed by atoms with Crippen molar-refractivity contribution in [3.05, 3.63) is 63.0 Å². The van der Waals surface area contributed by atoms with Gasteiger partial charge in [0.2, 0.25) is 0 Å². The molecule has 20 heavy (non-hydrogen) atoms. The van der Waals surface area contributed by atoms with Crippen LogP contribution in [-0.4, -0.2) is 12.5 Å². The lowest BCUT2D eigenvalue weighted by molar-refractivity contribution is 0.301. The van der Waals surface area contributed by atoms with Crippen molar-refractivity contribution in [2.75, 3.05) is 12.5 Å². The van der Waals surface area contributed by atoms with Gasteiger partial charge in [0.05, 0.1) is 6.61 Å². The van der Waals surface area contributed by atoms with E-state index in [4.69, 9.17) is 16.3 Å². The summed E-state index contributed by atoms with van der Waals surface area (Å²) < 4.78 is 7.90. The summed E-state index contributed by atoms with van der Waals surface area (Å²) in [5, 5.41) is 0. The summed E-state index contributed by atoms with van der Waals surface area (Å²) in [6, 6.07) is 16.1. The van der Waals surface area contributed by atoms with Gasteiger partial charge >= 0.3 is 0 Å². The van der Waals surface area contributed by atoms with Crippen molar-refractivity contribution in [2.24, 2.45) is 0 Å². The third kappa shape index (κ3) is 4.51. The van der Waals surface area contributed by atoms with Gasteiger partial charge in [-0.05, 0) is 36.2 Å². The first-order chi connectivity index (χ1) is 9.70. The van der Waals surface area contributed by atoms with Crippen LogP contribution < -0.4 is 4.74 Å². The molecule has 2 aromatic carbocycles. The van der Waals surface area contributed by atoms with Crippen LogP contribution in [0.2, 0.25) is 0 Å². The van der Waals surface area contributed by atoms with E-state index in [9.17, 15) is 0 Å². The van der Waals surface area contributed by atoms with Gasteiger partial charge in [-0.1, -0.05) is 56.1 Å². The first-order valence-corrected chi connectivity index (χ1v) is 8.51. The molecular weight excluding hydrogens is 403 g/mol. The highest BCUT2D eigenvalue weighted by molar-refractivity contribution is 9.10. The fourth-order valence-electron chi connectivity index (χ4n) is 2.00. The Balaban J connectivity index is 1.93. The molecule has 0 bridgehead atoms. The van der Waals surface area contributed by atoms with E-state index in [1.807, 2.05) is 42.5 Å². The minimum Gasteiger partial charge on any atom is -0.494 e. The zero-order chi connectivity index (χ0) is 14.4. The van der Waals surface area contributed by atoms with E-state index >= 15 is 0 Å². The van der Waals surface area contributed by atoms with Gasteiger partial charge in [0, 0.05) is 20.7 Å². The second-order valence-corrected chi connectivity index (χ2v) is 6.55. The topological polar surface area (TPSA) is 9.23 Å². The van der Waals surface area contributed by atoms with Crippen molar-refractivity contribution >= 4 is 43.5 Å². The van der Waals surface area contributed by atoms with Crippen LogP contribution in [0.3, 0.4) is 0 Å². The predicted octanol–water partition coefficient (Wildman–Crippen LogP) is 6.00. The summed E-state index contributed by atoms with van der Waals surface area (Å²) in [4.78, 5) is 0. The summed E-state index contributed by atoms with van der Waals surface area (Å²) in [6.45, 7) is 0.648. The largest absolute Gasteiger partial charge is 0.494 e. The zero-order valence-electron chi connectivity index (χ0n) is 10.9. The van der Waals surface area contributed by atoms with Crippen LogP contribution in [0, 0.1) is 0 Å². The van der Waals surface area contributed by atoms with Crippen molar-refractivity contribution < 1.29 is 4.74 Å². The number of benzene rings is 2. The maximum atomic E-state index is 6.10. The van der Waals surface area contributed by atoms with Crippen molar-refractivity contribution in [1.29, 1.82) is 0 Å². The molecule has 0 spiro atoms. The second-order valence-electron chi connectivity index (χ2n) is 4.47. The molecule has 1 atom stereocenters. The Morgan fingerprint density at radius 1 is 1.05 bits per heavy atom. The quantitative estimate of drug-likeness (QED) is 0.523. The fraction of sp³-hybridized carbons (Fsp3) is 0.250. The molecule has 0 N–H and O–H groups in total. The van der Waals surface area contributed by atoms with E-state index in [0.29, 0.717) is 18.4 Å². The molecule has 0 aliphatic heterocycles.